The maximum Gasteiger partial charge on any atom is 0.242 e. The zero-order valence-electron chi connectivity index (χ0n) is 12.7. The van der Waals surface area contributed by atoms with Gasteiger partial charge in [0.2, 0.25) is 5.91 Å². The molecule has 1 heterocycles. The molecule has 2 rings (SSSR count). The molecule has 0 aliphatic carbocycles. The summed E-state index contributed by atoms with van der Waals surface area (Å²) in [6.45, 7) is 2.92. The Morgan fingerprint density at radius 1 is 1.43 bits per heavy atom. The Hall–Kier alpha value is -2.30. The number of methoxy groups -OCH3 is 1. The van der Waals surface area contributed by atoms with Gasteiger partial charge in [-0.05, 0) is 24.1 Å². The lowest BCUT2D eigenvalue weighted by molar-refractivity contribution is -0.131. The molecule has 5 heteroatoms. The van der Waals surface area contributed by atoms with Crippen molar-refractivity contribution in [2.45, 2.75) is 26.4 Å². The average Bonchev–Trinajstić information content (AvgIpc) is 2.95. The summed E-state index contributed by atoms with van der Waals surface area (Å²) in [6, 6.07) is 7.74. The molecule has 0 aliphatic rings. The third-order valence-electron chi connectivity index (χ3n) is 3.35. The van der Waals surface area contributed by atoms with Crippen molar-refractivity contribution in [3.8, 4) is 5.75 Å². The molecular weight excluding hydrogens is 266 g/mol. The van der Waals surface area contributed by atoms with E-state index in [1.165, 1.54) is 0 Å². The number of carbonyl (C=O) groups is 1. The Morgan fingerprint density at radius 3 is 2.90 bits per heavy atom. The molecule has 1 aromatic carbocycles. The van der Waals surface area contributed by atoms with Crippen molar-refractivity contribution in [2.24, 2.45) is 0 Å². The number of benzene rings is 1. The first-order valence-corrected chi connectivity index (χ1v) is 7.00. The highest BCUT2D eigenvalue weighted by Crippen LogP contribution is 2.14. The second-order valence-corrected chi connectivity index (χ2v) is 4.99. The van der Waals surface area contributed by atoms with Gasteiger partial charge in [0.05, 0.1) is 19.1 Å². The lowest BCUT2D eigenvalue weighted by atomic mass is 10.2. The number of rotatable bonds is 6. The maximum atomic E-state index is 12.2. The van der Waals surface area contributed by atoms with Crippen LogP contribution in [-0.4, -0.2) is 34.5 Å². The molecule has 0 spiro atoms. The fraction of sp³-hybridized carbons (Fsp3) is 0.375. The number of nitrogens with zero attached hydrogens (tertiary/aromatic N) is 3. The smallest absolute Gasteiger partial charge is 0.242 e. The standard InChI is InChI=1S/C16H21N3O2/c1-4-14-10-19(12-17-14)11-16(20)18(2)9-13-6-5-7-15(8-13)21-3/h5-8,10,12H,4,9,11H2,1-3H3. The van der Waals surface area contributed by atoms with Crippen molar-refractivity contribution in [1.29, 1.82) is 0 Å². The van der Waals surface area contributed by atoms with Gasteiger partial charge >= 0.3 is 0 Å². The van der Waals surface area contributed by atoms with E-state index in [1.54, 1.807) is 25.4 Å². The quantitative estimate of drug-likeness (QED) is 0.817. The number of aromatic nitrogens is 2. The van der Waals surface area contributed by atoms with Crippen LogP contribution in [0.2, 0.25) is 0 Å². The molecule has 0 bridgehead atoms. The van der Waals surface area contributed by atoms with Crippen molar-refractivity contribution in [2.75, 3.05) is 14.2 Å². The number of ether oxygens (including phenoxy) is 1. The van der Waals surface area contributed by atoms with Crippen molar-refractivity contribution >= 4 is 5.91 Å². The normalized spacial score (nSPS) is 10.4. The van der Waals surface area contributed by atoms with Crippen LogP contribution in [-0.2, 0) is 24.3 Å². The van der Waals surface area contributed by atoms with Crippen molar-refractivity contribution in [1.82, 2.24) is 14.5 Å². The van der Waals surface area contributed by atoms with E-state index in [2.05, 4.69) is 4.98 Å². The highest BCUT2D eigenvalue weighted by atomic mass is 16.5. The van der Waals surface area contributed by atoms with Crippen LogP contribution in [0.3, 0.4) is 0 Å². The molecule has 0 radical (unpaired) electrons. The van der Waals surface area contributed by atoms with E-state index in [4.69, 9.17) is 4.74 Å². The van der Waals surface area contributed by atoms with Gasteiger partial charge in [-0.2, -0.15) is 0 Å². The number of amides is 1. The largest absolute Gasteiger partial charge is 0.497 e. The summed E-state index contributed by atoms with van der Waals surface area (Å²) in [6.07, 6.45) is 4.49. The highest BCUT2D eigenvalue weighted by Gasteiger charge is 2.11. The number of hydrogen-bond acceptors (Lipinski definition) is 3. The van der Waals surface area contributed by atoms with Crippen LogP contribution in [0, 0.1) is 0 Å². The van der Waals surface area contributed by atoms with Crippen LogP contribution in [0.15, 0.2) is 36.8 Å². The molecule has 5 nitrogen and oxygen atoms in total. The minimum absolute atomic E-state index is 0.0536. The highest BCUT2D eigenvalue weighted by molar-refractivity contribution is 5.75. The van der Waals surface area contributed by atoms with Gasteiger partial charge in [-0.3, -0.25) is 4.79 Å². The zero-order valence-corrected chi connectivity index (χ0v) is 12.7. The van der Waals surface area contributed by atoms with Crippen LogP contribution in [0.1, 0.15) is 18.2 Å². The van der Waals surface area contributed by atoms with Crippen molar-refractivity contribution in [3.63, 3.8) is 0 Å². The van der Waals surface area contributed by atoms with Gasteiger partial charge in [-0.1, -0.05) is 19.1 Å². The predicted molar refractivity (Wildman–Crippen MR) is 81.1 cm³/mol. The molecule has 112 valence electrons. The number of carbonyl (C=O) groups excluding carboxylic acids is 1. The van der Waals surface area contributed by atoms with Gasteiger partial charge in [0.1, 0.15) is 12.3 Å². The fourth-order valence-electron chi connectivity index (χ4n) is 2.09. The number of hydrogen-bond donors (Lipinski definition) is 0. The van der Waals surface area contributed by atoms with E-state index >= 15 is 0 Å². The molecule has 1 aromatic heterocycles. The molecule has 2 aromatic rings. The van der Waals surface area contributed by atoms with Crippen LogP contribution in [0.25, 0.3) is 0 Å². The first-order valence-electron chi connectivity index (χ1n) is 7.00. The second kappa shape index (κ2) is 6.92. The van der Waals surface area contributed by atoms with Crippen LogP contribution >= 0.6 is 0 Å². The Bertz CT molecular complexity index is 607. The first kappa shape index (κ1) is 15.1. The molecule has 0 unspecified atom stereocenters. The first-order chi connectivity index (χ1) is 10.1. The van der Waals surface area contributed by atoms with E-state index in [-0.39, 0.29) is 5.91 Å². The van der Waals surface area contributed by atoms with Gasteiger partial charge in [-0.15, -0.1) is 0 Å². The van der Waals surface area contributed by atoms with Crippen molar-refractivity contribution in [3.05, 3.63) is 48.0 Å². The second-order valence-electron chi connectivity index (χ2n) is 4.99. The molecule has 0 N–H and O–H groups in total. The van der Waals surface area contributed by atoms with Crippen LogP contribution in [0.4, 0.5) is 0 Å². The summed E-state index contributed by atoms with van der Waals surface area (Å²) >= 11 is 0. The van der Waals surface area contributed by atoms with E-state index < -0.39 is 0 Å². The van der Waals surface area contributed by atoms with Gasteiger partial charge in [-0.25, -0.2) is 4.98 Å². The Morgan fingerprint density at radius 2 is 2.24 bits per heavy atom. The third-order valence-corrected chi connectivity index (χ3v) is 3.35. The summed E-state index contributed by atoms with van der Waals surface area (Å²) in [5, 5.41) is 0. The monoisotopic (exact) mass is 287 g/mol. The molecule has 0 saturated heterocycles. The van der Waals surface area contributed by atoms with E-state index in [9.17, 15) is 4.79 Å². The molecule has 1 amide bonds. The average molecular weight is 287 g/mol. The summed E-state index contributed by atoms with van der Waals surface area (Å²) in [7, 11) is 3.44. The number of likely N-dealkylation sites (N-methyl/N-ethyl adjacent to an activating group) is 1. The Kier molecular flexibility index (Phi) is 4.98. The van der Waals surface area contributed by atoms with E-state index in [1.807, 2.05) is 42.0 Å². The zero-order chi connectivity index (χ0) is 15.2. The van der Waals surface area contributed by atoms with Crippen LogP contribution < -0.4 is 4.74 Å². The summed E-state index contributed by atoms with van der Waals surface area (Å²) < 4.78 is 7.01. The molecule has 0 atom stereocenters. The topological polar surface area (TPSA) is 47.4 Å². The van der Waals surface area contributed by atoms with Gasteiger partial charge in [0.25, 0.3) is 0 Å². The van der Waals surface area contributed by atoms with Crippen LogP contribution in [0.5, 0.6) is 5.75 Å². The lowest BCUT2D eigenvalue weighted by Crippen LogP contribution is -2.29. The van der Waals surface area contributed by atoms with Gasteiger partial charge < -0.3 is 14.2 Å². The third kappa shape index (κ3) is 4.08. The molecule has 0 aliphatic heterocycles. The molecular formula is C16H21N3O2. The van der Waals surface area contributed by atoms with Gasteiger partial charge in [0, 0.05) is 19.8 Å². The minimum Gasteiger partial charge on any atom is -0.497 e. The lowest BCUT2D eigenvalue weighted by Gasteiger charge is -2.18. The summed E-state index contributed by atoms with van der Waals surface area (Å²) in [5.41, 5.74) is 2.04. The minimum atomic E-state index is 0.0536. The molecule has 0 saturated carbocycles. The number of aryl methyl sites for hydroxylation is 1. The molecule has 21 heavy (non-hydrogen) atoms. The van der Waals surface area contributed by atoms with Gasteiger partial charge in [0.15, 0.2) is 0 Å². The van der Waals surface area contributed by atoms with E-state index in [0.717, 1.165) is 23.4 Å². The summed E-state index contributed by atoms with van der Waals surface area (Å²) in [4.78, 5) is 18.2. The summed E-state index contributed by atoms with van der Waals surface area (Å²) in [5.74, 6) is 0.855. The Balaban J connectivity index is 1.95. The SMILES string of the molecule is CCc1cn(CC(=O)N(C)Cc2cccc(OC)c2)cn1. The molecule has 0 fully saturated rings. The van der Waals surface area contributed by atoms with E-state index in [0.29, 0.717) is 13.1 Å². The predicted octanol–water partition coefficient (Wildman–Crippen LogP) is 2.11. The van der Waals surface area contributed by atoms with Crippen molar-refractivity contribution < 1.29 is 9.53 Å². The number of imidazole rings is 1. The maximum absolute atomic E-state index is 12.2. The Labute approximate surface area is 125 Å². The fourth-order valence-corrected chi connectivity index (χ4v) is 2.09.